The molecule has 2 aromatic carbocycles. The van der Waals surface area contributed by atoms with Crippen LogP contribution in [0.25, 0.3) is 0 Å². The average molecular weight is 367 g/mol. The summed E-state index contributed by atoms with van der Waals surface area (Å²) in [5.74, 6) is 0.407. The van der Waals surface area contributed by atoms with E-state index in [0.29, 0.717) is 5.70 Å². The quantitative estimate of drug-likeness (QED) is 0.726. The Bertz CT molecular complexity index is 890. The summed E-state index contributed by atoms with van der Waals surface area (Å²) in [6.07, 6.45) is -0.640. The molecule has 1 aliphatic heterocycles. The second-order valence-electron chi connectivity index (χ2n) is 6.01. The Hall–Kier alpha value is -3.48. The summed E-state index contributed by atoms with van der Waals surface area (Å²) in [6.45, 7) is 1.63. The van der Waals surface area contributed by atoms with Gasteiger partial charge >= 0.3 is 6.09 Å². The van der Waals surface area contributed by atoms with E-state index in [9.17, 15) is 9.59 Å². The molecule has 3 rings (SSSR count). The van der Waals surface area contributed by atoms with E-state index in [4.69, 9.17) is 4.74 Å². The zero-order valence-electron chi connectivity index (χ0n) is 15.3. The molecule has 7 heteroatoms. The van der Waals surface area contributed by atoms with Crippen LogP contribution in [0.2, 0.25) is 0 Å². The molecule has 1 unspecified atom stereocenters. The van der Waals surface area contributed by atoms with E-state index in [2.05, 4.69) is 20.7 Å². The zero-order valence-corrected chi connectivity index (χ0v) is 15.3. The Morgan fingerprint density at radius 1 is 1.07 bits per heavy atom. The number of hydrogen-bond acceptors (Lipinski definition) is 5. The van der Waals surface area contributed by atoms with Gasteiger partial charge in [0.25, 0.3) is 5.91 Å². The van der Waals surface area contributed by atoms with Crippen molar-refractivity contribution >= 4 is 17.7 Å². The average Bonchev–Trinajstić information content (AvgIpc) is 2.84. The number of hydrogen-bond donors (Lipinski definition) is 3. The largest absolute Gasteiger partial charge is 0.497 e. The highest BCUT2D eigenvalue weighted by Gasteiger charge is 2.27. The van der Waals surface area contributed by atoms with E-state index < -0.39 is 6.09 Å². The van der Waals surface area contributed by atoms with Crippen LogP contribution in [0.5, 0.6) is 5.75 Å². The van der Waals surface area contributed by atoms with Gasteiger partial charge in [-0.05, 0) is 30.7 Å². The van der Waals surface area contributed by atoms with E-state index in [-0.39, 0.29) is 17.6 Å². The fourth-order valence-electron chi connectivity index (χ4n) is 2.92. The molecule has 0 radical (unpaired) electrons. The van der Waals surface area contributed by atoms with Crippen molar-refractivity contribution in [1.29, 1.82) is 0 Å². The number of anilines is 1. The normalized spacial score (nSPS) is 17.6. The van der Waals surface area contributed by atoms with Crippen LogP contribution in [0, 0.1) is 0 Å². The van der Waals surface area contributed by atoms with Gasteiger partial charge < -0.3 is 20.1 Å². The van der Waals surface area contributed by atoms with E-state index >= 15 is 0 Å². The van der Waals surface area contributed by atoms with Crippen LogP contribution in [0.3, 0.4) is 0 Å². The molecule has 2 amide bonds. The number of alkyl carbamates (subject to hydrolysis) is 1. The van der Waals surface area contributed by atoms with Gasteiger partial charge in [0.1, 0.15) is 11.4 Å². The fraction of sp³-hybridized carbons (Fsp3) is 0.200. The van der Waals surface area contributed by atoms with Crippen LogP contribution in [-0.2, 0) is 9.53 Å². The molecule has 0 fully saturated rings. The molecule has 0 spiro atoms. The maximum Gasteiger partial charge on any atom is 0.411 e. The maximum atomic E-state index is 12.9. The molecule has 0 saturated carbocycles. The van der Waals surface area contributed by atoms with Crippen molar-refractivity contribution in [1.82, 2.24) is 10.6 Å². The molecular formula is C20H21N3O4. The molecule has 3 N–H and O–H groups in total. The third kappa shape index (κ3) is 3.87. The first-order valence-electron chi connectivity index (χ1n) is 8.40. The smallest absolute Gasteiger partial charge is 0.411 e. The summed E-state index contributed by atoms with van der Waals surface area (Å²) < 4.78 is 9.81. The summed E-state index contributed by atoms with van der Waals surface area (Å²) in [6, 6.07) is 14.8. The van der Waals surface area contributed by atoms with Crippen LogP contribution >= 0.6 is 0 Å². The standard InChI is InChI=1S/C20H21N3O4/c1-12(21-20(25)27-3)17-19(24)23-18(13-8-10-14(26-2)11-9-13)15-6-4-5-7-16(15)22-17/h4-11,18,22H,1-3H3,(H,21,25)(H,23,24). The van der Waals surface area contributed by atoms with Crippen molar-refractivity contribution in [2.75, 3.05) is 19.5 Å². The van der Waals surface area contributed by atoms with Crippen molar-refractivity contribution in [3.05, 3.63) is 71.1 Å². The summed E-state index contributed by atoms with van der Waals surface area (Å²) in [5, 5.41) is 8.69. The predicted octanol–water partition coefficient (Wildman–Crippen LogP) is 2.91. The minimum Gasteiger partial charge on any atom is -0.497 e. The molecule has 27 heavy (non-hydrogen) atoms. The predicted molar refractivity (Wildman–Crippen MR) is 101 cm³/mol. The molecule has 0 saturated heterocycles. The van der Waals surface area contributed by atoms with Crippen LogP contribution in [-0.4, -0.2) is 26.2 Å². The highest BCUT2D eigenvalue weighted by molar-refractivity contribution is 5.99. The zero-order chi connectivity index (χ0) is 19.4. The van der Waals surface area contributed by atoms with Crippen LogP contribution < -0.4 is 20.7 Å². The first-order chi connectivity index (χ1) is 13.0. The molecule has 0 aliphatic carbocycles. The highest BCUT2D eigenvalue weighted by Crippen LogP contribution is 2.33. The Morgan fingerprint density at radius 3 is 2.44 bits per heavy atom. The second kappa shape index (κ2) is 7.82. The lowest BCUT2D eigenvalue weighted by atomic mass is 9.97. The lowest BCUT2D eigenvalue weighted by Gasteiger charge is -2.18. The fourth-order valence-corrected chi connectivity index (χ4v) is 2.92. The van der Waals surface area contributed by atoms with Crippen molar-refractivity contribution in [2.24, 2.45) is 0 Å². The SMILES string of the molecule is COC(=O)NC(C)=C1Nc2ccccc2C(c2ccc(OC)cc2)NC1=O. The lowest BCUT2D eigenvalue weighted by Crippen LogP contribution is -2.33. The third-order valence-electron chi connectivity index (χ3n) is 4.33. The second-order valence-corrected chi connectivity index (χ2v) is 6.01. The number of amides is 2. The van der Waals surface area contributed by atoms with Gasteiger partial charge in [-0.2, -0.15) is 0 Å². The summed E-state index contributed by atoms with van der Waals surface area (Å²) in [7, 11) is 2.87. The van der Waals surface area contributed by atoms with Gasteiger partial charge in [-0.25, -0.2) is 4.79 Å². The molecule has 140 valence electrons. The maximum absolute atomic E-state index is 12.9. The van der Waals surface area contributed by atoms with Gasteiger partial charge in [0.15, 0.2) is 0 Å². The minimum absolute atomic E-state index is 0.254. The molecule has 0 bridgehead atoms. The number of fused-ring (bicyclic) bond motifs is 1. The third-order valence-corrected chi connectivity index (χ3v) is 4.33. The van der Waals surface area contributed by atoms with Gasteiger partial charge in [-0.1, -0.05) is 30.3 Å². The lowest BCUT2D eigenvalue weighted by molar-refractivity contribution is -0.117. The molecule has 1 heterocycles. The Morgan fingerprint density at radius 2 is 1.78 bits per heavy atom. The molecule has 2 aromatic rings. The van der Waals surface area contributed by atoms with Crippen molar-refractivity contribution < 1.29 is 19.1 Å². The van der Waals surface area contributed by atoms with Gasteiger partial charge in [0.2, 0.25) is 0 Å². The van der Waals surface area contributed by atoms with Crippen LogP contribution in [0.15, 0.2) is 59.9 Å². The topological polar surface area (TPSA) is 88.7 Å². The number of methoxy groups -OCH3 is 2. The van der Waals surface area contributed by atoms with E-state index in [1.165, 1.54) is 7.11 Å². The van der Waals surface area contributed by atoms with E-state index in [1.54, 1.807) is 14.0 Å². The number of para-hydroxylation sites is 1. The Kier molecular flexibility index (Phi) is 5.30. The number of carbonyl (C=O) groups excluding carboxylic acids is 2. The minimum atomic E-state index is -0.640. The summed E-state index contributed by atoms with van der Waals surface area (Å²) in [5.41, 5.74) is 3.22. The molecule has 1 aliphatic rings. The van der Waals surface area contributed by atoms with Gasteiger partial charge in [0.05, 0.1) is 20.3 Å². The van der Waals surface area contributed by atoms with Gasteiger partial charge in [0, 0.05) is 16.9 Å². The van der Waals surface area contributed by atoms with Crippen molar-refractivity contribution in [2.45, 2.75) is 13.0 Å². The van der Waals surface area contributed by atoms with Crippen molar-refractivity contribution in [3.63, 3.8) is 0 Å². The number of allylic oxidation sites excluding steroid dienone is 1. The number of rotatable bonds is 3. The summed E-state index contributed by atoms with van der Waals surface area (Å²) in [4.78, 5) is 24.4. The van der Waals surface area contributed by atoms with Gasteiger partial charge in [-0.3, -0.25) is 10.1 Å². The van der Waals surface area contributed by atoms with E-state index in [0.717, 1.165) is 22.6 Å². The first-order valence-corrected chi connectivity index (χ1v) is 8.40. The van der Waals surface area contributed by atoms with E-state index in [1.807, 2.05) is 48.5 Å². The molecule has 0 aromatic heterocycles. The van der Waals surface area contributed by atoms with Crippen LogP contribution in [0.1, 0.15) is 24.1 Å². The van der Waals surface area contributed by atoms with Gasteiger partial charge in [-0.15, -0.1) is 0 Å². The number of nitrogens with one attached hydrogen (secondary N) is 3. The van der Waals surface area contributed by atoms with Crippen molar-refractivity contribution in [3.8, 4) is 5.75 Å². The molecule has 1 atom stereocenters. The monoisotopic (exact) mass is 367 g/mol. The molecular weight excluding hydrogens is 346 g/mol. The number of carbonyl (C=O) groups is 2. The number of ether oxygens (including phenoxy) is 2. The Labute approximate surface area is 157 Å². The first kappa shape index (κ1) is 18.3. The van der Waals surface area contributed by atoms with Crippen LogP contribution in [0.4, 0.5) is 10.5 Å². The number of benzene rings is 2. The Balaban J connectivity index is 2.03. The molecule has 7 nitrogen and oxygen atoms in total. The highest BCUT2D eigenvalue weighted by atomic mass is 16.5. The summed E-state index contributed by atoms with van der Waals surface area (Å²) >= 11 is 0.